The molecule has 0 saturated carbocycles. The molecule has 1 saturated heterocycles. The Bertz CT molecular complexity index is 1550. The van der Waals surface area contributed by atoms with Crippen LogP contribution in [-0.4, -0.2) is 45.0 Å². The zero-order chi connectivity index (χ0) is 27.6. The molecular formula is C31H26FNO6. The molecule has 3 aliphatic carbocycles. The number of benzene rings is 2. The summed E-state index contributed by atoms with van der Waals surface area (Å²) in [4.78, 5) is 54.9. The monoisotopic (exact) mass is 527 g/mol. The lowest BCUT2D eigenvalue weighted by atomic mass is 9.59. The Balaban J connectivity index is 1.38. The van der Waals surface area contributed by atoms with Crippen LogP contribution in [0.1, 0.15) is 36.8 Å². The maximum Gasteiger partial charge on any atom is 0.233 e. The van der Waals surface area contributed by atoms with Crippen molar-refractivity contribution in [1.29, 1.82) is 0 Å². The van der Waals surface area contributed by atoms with E-state index in [2.05, 4.69) is 0 Å². The van der Waals surface area contributed by atoms with Gasteiger partial charge in [0, 0.05) is 29.2 Å². The second kappa shape index (κ2) is 9.15. The first-order valence-electron chi connectivity index (χ1n) is 13.0. The number of hydrogen-bond acceptors (Lipinski definition) is 6. The number of carbonyl (C=O) groups excluding carboxylic acids is 4. The van der Waals surface area contributed by atoms with Crippen LogP contribution in [0.5, 0.6) is 11.5 Å². The molecule has 0 spiro atoms. The van der Waals surface area contributed by atoms with Gasteiger partial charge in [0.25, 0.3) is 0 Å². The molecule has 39 heavy (non-hydrogen) atoms. The van der Waals surface area contributed by atoms with Gasteiger partial charge in [-0.15, -0.1) is 0 Å². The maximum atomic E-state index is 14.5. The number of fused-ring (bicyclic) bond motifs is 3. The van der Waals surface area contributed by atoms with E-state index < -0.39 is 35.2 Å². The van der Waals surface area contributed by atoms with Crippen LogP contribution in [0.15, 0.2) is 76.9 Å². The number of phenols is 2. The third kappa shape index (κ3) is 3.93. The number of nitrogens with zero attached hydrogens (tertiary/aromatic N) is 1. The van der Waals surface area contributed by atoms with E-state index in [1.807, 2.05) is 6.08 Å². The van der Waals surface area contributed by atoms with E-state index in [1.54, 1.807) is 31.2 Å². The van der Waals surface area contributed by atoms with Gasteiger partial charge in [-0.25, -0.2) is 4.39 Å². The predicted molar refractivity (Wildman–Crippen MR) is 138 cm³/mol. The topological polar surface area (TPSA) is 112 Å². The van der Waals surface area contributed by atoms with Crippen molar-refractivity contribution in [3.8, 4) is 11.5 Å². The molecule has 2 aromatic carbocycles. The predicted octanol–water partition coefficient (Wildman–Crippen LogP) is 3.91. The Morgan fingerprint density at radius 2 is 1.72 bits per heavy atom. The Morgan fingerprint density at radius 1 is 0.974 bits per heavy atom. The van der Waals surface area contributed by atoms with Crippen LogP contribution in [0.4, 0.5) is 4.39 Å². The molecule has 0 unspecified atom stereocenters. The summed E-state index contributed by atoms with van der Waals surface area (Å²) in [5, 5.41) is 19.3. The number of hydrogen-bond donors (Lipinski definition) is 2. The number of imide groups is 1. The smallest absolute Gasteiger partial charge is 0.233 e. The Morgan fingerprint density at radius 3 is 2.44 bits per heavy atom. The number of Topliss-reactive ketones (excluding diaryl/α,β-unsaturated/α-hetero) is 1. The molecule has 2 aromatic rings. The molecule has 1 aliphatic heterocycles. The van der Waals surface area contributed by atoms with Crippen LogP contribution in [0, 0.1) is 23.6 Å². The molecule has 6 rings (SSSR count). The van der Waals surface area contributed by atoms with E-state index in [0.29, 0.717) is 29.6 Å². The summed E-state index contributed by atoms with van der Waals surface area (Å²) in [7, 11) is 0. The van der Waals surface area contributed by atoms with Crippen LogP contribution in [-0.2, 0) is 25.6 Å². The number of likely N-dealkylation sites (tertiary alicyclic amines) is 1. The van der Waals surface area contributed by atoms with Crippen LogP contribution in [0.2, 0.25) is 0 Å². The molecule has 0 bridgehead atoms. The van der Waals surface area contributed by atoms with Gasteiger partial charge in [0.2, 0.25) is 11.8 Å². The van der Waals surface area contributed by atoms with Crippen molar-refractivity contribution in [3.05, 3.63) is 93.9 Å². The van der Waals surface area contributed by atoms with Crippen molar-refractivity contribution in [2.75, 3.05) is 6.54 Å². The second-order valence-corrected chi connectivity index (χ2v) is 10.7. The first-order valence-corrected chi connectivity index (χ1v) is 13.0. The van der Waals surface area contributed by atoms with Gasteiger partial charge in [-0.05, 0) is 73.6 Å². The van der Waals surface area contributed by atoms with Gasteiger partial charge in [-0.2, -0.15) is 0 Å². The average molecular weight is 528 g/mol. The van der Waals surface area contributed by atoms with Crippen molar-refractivity contribution in [3.63, 3.8) is 0 Å². The Hall–Kier alpha value is -4.33. The molecule has 8 heteroatoms. The highest BCUT2D eigenvalue weighted by Crippen LogP contribution is 2.55. The summed E-state index contributed by atoms with van der Waals surface area (Å²) in [6.07, 6.45) is 4.07. The maximum absolute atomic E-state index is 14.5. The minimum Gasteiger partial charge on any atom is -0.508 e. The Labute approximate surface area is 223 Å². The highest BCUT2D eigenvalue weighted by molar-refractivity contribution is 6.23. The zero-order valence-corrected chi connectivity index (χ0v) is 21.2. The number of carbonyl (C=O) groups is 4. The van der Waals surface area contributed by atoms with Gasteiger partial charge in [-0.3, -0.25) is 24.1 Å². The number of halogens is 1. The third-order valence-corrected chi connectivity index (χ3v) is 8.52. The standard InChI is InChI=1S/C31H26FNO6/c1-15-12-25(36)22-14-21-19(26(28(22)29(15)37)17-4-9-24(35)23(32)13-17)7-8-20-27(21)31(39)33(30(20)38)11-10-16-2-5-18(34)6-3-16/h2-7,9,12-13,20-21,26-27,34-35H,8,10-11,14H2,1H3/t20-,21+,26-,27-/m0/s1. The summed E-state index contributed by atoms with van der Waals surface area (Å²) in [5.41, 5.74) is 2.89. The lowest BCUT2D eigenvalue weighted by Gasteiger charge is -2.42. The molecule has 2 amide bonds. The molecular weight excluding hydrogens is 501 g/mol. The normalized spacial score (nSPS) is 26.3. The van der Waals surface area contributed by atoms with Crippen molar-refractivity contribution in [2.45, 2.75) is 32.1 Å². The third-order valence-electron chi connectivity index (χ3n) is 8.52. The van der Waals surface area contributed by atoms with Gasteiger partial charge in [-0.1, -0.05) is 29.8 Å². The molecule has 2 N–H and O–H groups in total. The van der Waals surface area contributed by atoms with E-state index in [0.717, 1.165) is 17.2 Å². The fourth-order valence-corrected chi connectivity index (χ4v) is 6.63. The summed E-state index contributed by atoms with van der Waals surface area (Å²) in [5.74, 6) is -4.93. The molecule has 4 atom stereocenters. The van der Waals surface area contributed by atoms with Crippen LogP contribution >= 0.6 is 0 Å². The SMILES string of the molecule is CC1=CC(=O)C2=C(C1=O)[C@@H](c1ccc(O)c(F)c1)C1=CC[C@@H]3C(=O)N(CCc4ccc(O)cc4)C(=O)[C@@H]3[C@@H]1C2. The first kappa shape index (κ1) is 25.0. The van der Waals surface area contributed by atoms with E-state index in [9.17, 15) is 33.8 Å². The van der Waals surface area contributed by atoms with Gasteiger partial charge in [0.1, 0.15) is 5.75 Å². The summed E-state index contributed by atoms with van der Waals surface area (Å²) in [6.45, 7) is 1.76. The summed E-state index contributed by atoms with van der Waals surface area (Å²) >= 11 is 0. The number of phenolic OH excluding ortho intramolecular Hbond substituents is 2. The number of aromatic hydroxyl groups is 2. The van der Waals surface area contributed by atoms with Crippen LogP contribution in [0.25, 0.3) is 0 Å². The van der Waals surface area contributed by atoms with E-state index in [-0.39, 0.29) is 47.7 Å². The number of amides is 2. The quantitative estimate of drug-likeness (QED) is 0.354. The number of ketones is 2. The highest BCUT2D eigenvalue weighted by atomic mass is 19.1. The average Bonchev–Trinajstić information content (AvgIpc) is 3.16. The fourth-order valence-electron chi connectivity index (χ4n) is 6.63. The van der Waals surface area contributed by atoms with Crippen LogP contribution < -0.4 is 0 Å². The molecule has 198 valence electrons. The molecule has 0 radical (unpaired) electrons. The van der Waals surface area contributed by atoms with Crippen molar-refractivity contribution < 1.29 is 33.8 Å². The Kier molecular flexibility index (Phi) is 5.86. The van der Waals surface area contributed by atoms with Crippen molar-refractivity contribution >= 4 is 23.4 Å². The lowest BCUT2D eigenvalue weighted by Crippen LogP contribution is -2.40. The molecule has 4 aliphatic rings. The molecule has 0 aromatic heterocycles. The summed E-state index contributed by atoms with van der Waals surface area (Å²) in [6, 6.07) is 10.5. The largest absolute Gasteiger partial charge is 0.508 e. The van der Waals surface area contributed by atoms with Crippen molar-refractivity contribution in [1.82, 2.24) is 4.90 Å². The minimum absolute atomic E-state index is 0.131. The van der Waals surface area contributed by atoms with E-state index in [4.69, 9.17) is 0 Å². The zero-order valence-electron chi connectivity index (χ0n) is 21.2. The van der Waals surface area contributed by atoms with Gasteiger partial charge in [0.05, 0.1) is 11.8 Å². The number of allylic oxidation sites excluding steroid dienone is 6. The second-order valence-electron chi connectivity index (χ2n) is 10.7. The van der Waals surface area contributed by atoms with E-state index >= 15 is 0 Å². The first-order chi connectivity index (χ1) is 18.7. The van der Waals surface area contributed by atoms with Gasteiger partial charge < -0.3 is 10.2 Å². The molecule has 1 heterocycles. The minimum atomic E-state index is -0.847. The highest BCUT2D eigenvalue weighted by Gasteiger charge is 2.56. The van der Waals surface area contributed by atoms with Gasteiger partial charge in [0.15, 0.2) is 23.1 Å². The number of rotatable bonds is 4. The fraction of sp³-hybridized carbons (Fsp3) is 0.290. The van der Waals surface area contributed by atoms with Crippen molar-refractivity contribution in [2.24, 2.45) is 17.8 Å². The molecule has 7 nitrogen and oxygen atoms in total. The van der Waals surface area contributed by atoms with Crippen LogP contribution in [0.3, 0.4) is 0 Å². The van der Waals surface area contributed by atoms with Gasteiger partial charge >= 0.3 is 0 Å². The lowest BCUT2D eigenvalue weighted by molar-refractivity contribution is -0.140. The van der Waals surface area contributed by atoms with E-state index in [1.165, 1.54) is 23.1 Å². The molecule has 1 fully saturated rings. The summed E-state index contributed by atoms with van der Waals surface area (Å²) < 4.78 is 14.5.